The Balaban J connectivity index is 1.98. The third-order valence-corrected chi connectivity index (χ3v) is 4.05. The van der Waals surface area contributed by atoms with Crippen molar-refractivity contribution in [3.8, 4) is 0 Å². The quantitative estimate of drug-likeness (QED) is 0.692. The van der Waals surface area contributed by atoms with Gasteiger partial charge in [-0.3, -0.25) is 4.79 Å². The maximum absolute atomic E-state index is 12.2. The number of nitrogens with zero attached hydrogens (tertiary/aromatic N) is 1. The van der Waals surface area contributed by atoms with Gasteiger partial charge in [-0.1, -0.05) is 0 Å². The van der Waals surface area contributed by atoms with Crippen molar-refractivity contribution in [3.63, 3.8) is 0 Å². The first-order valence-corrected chi connectivity index (χ1v) is 6.62. The molecule has 0 radical (unpaired) electrons. The Hall–Kier alpha value is -0.260. The summed E-state index contributed by atoms with van der Waals surface area (Å²) in [6.07, 6.45) is 1.32. The predicted octanol–water partition coefficient (Wildman–Crippen LogP) is 0.0697. The zero-order valence-electron chi connectivity index (χ0n) is 8.91. The van der Waals surface area contributed by atoms with E-state index in [9.17, 15) is 4.79 Å². The topological polar surface area (TPSA) is 55.6 Å². The smallest absolute Gasteiger partial charge is 0.242 e. The summed E-state index contributed by atoms with van der Waals surface area (Å²) in [4.78, 5) is 14.1. The number of nitrogens with two attached hydrogens (primary N) is 1. The molecule has 2 aliphatic rings. The Kier molecular flexibility index (Phi) is 3.53. The van der Waals surface area contributed by atoms with Crippen LogP contribution in [0, 0.1) is 0 Å². The van der Waals surface area contributed by atoms with Crippen LogP contribution in [0.1, 0.15) is 12.8 Å². The minimum Gasteiger partial charge on any atom is -0.381 e. The van der Waals surface area contributed by atoms with Crippen molar-refractivity contribution in [3.05, 3.63) is 0 Å². The van der Waals surface area contributed by atoms with E-state index in [4.69, 9.17) is 10.5 Å². The first kappa shape index (κ1) is 11.2. The van der Waals surface area contributed by atoms with Crippen molar-refractivity contribution in [2.24, 2.45) is 5.73 Å². The Morgan fingerprint density at radius 1 is 1.27 bits per heavy atom. The van der Waals surface area contributed by atoms with E-state index in [2.05, 4.69) is 0 Å². The average molecular weight is 230 g/mol. The van der Waals surface area contributed by atoms with Crippen molar-refractivity contribution in [2.75, 3.05) is 37.8 Å². The molecule has 2 N–H and O–H groups in total. The summed E-state index contributed by atoms with van der Waals surface area (Å²) in [5, 5.41) is 0. The van der Waals surface area contributed by atoms with E-state index in [0.29, 0.717) is 26.1 Å². The van der Waals surface area contributed by atoms with E-state index in [1.807, 2.05) is 16.7 Å². The second-order valence-corrected chi connectivity index (χ2v) is 5.40. The number of hydrogen-bond donors (Lipinski definition) is 1. The maximum Gasteiger partial charge on any atom is 0.242 e. The molecule has 5 heteroatoms. The summed E-state index contributed by atoms with van der Waals surface area (Å²) >= 11 is 1.90. The molecule has 2 rings (SSSR count). The Morgan fingerprint density at radius 2 is 1.87 bits per heavy atom. The molecule has 0 aromatic carbocycles. The summed E-state index contributed by atoms with van der Waals surface area (Å²) in [5.74, 6) is 2.21. The number of carbonyl (C=O) groups excluding carboxylic acids is 1. The molecule has 2 heterocycles. The van der Waals surface area contributed by atoms with Gasteiger partial charge in [-0.2, -0.15) is 11.8 Å². The lowest BCUT2D eigenvalue weighted by molar-refractivity contribution is -0.140. The zero-order valence-corrected chi connectivity index (χ0v) is 9.72. The lowest BCUT2D eigenvalue weighted by atomic mass is 9.89. The van der Waals surface area contributed by atoms with E-state index >= 15 is 0 Å². The molecule has 0 saturated carbocycles. The summed E-state index contributed by atoms with van der Waals surface area (Å²) in [6, 6.07) is 0. The molecule has 0 aromatic rings. The van der Waals surface area contributed by atoms with Crippen LogP contribution >= 0.6 is 11.8 Å². The fourth-order valence-corrected chi connectivity index (χ4v) is 2.93. The highest BCUT2D eigenvalue weighted by molar-refractivity contribution is 7.99. The second kappa shape index (κ2) is 4.72. The highest BCUT2D eigenvalue weighted by Crippen LogP contribution is 2.22. The van der Waals surface area contributed by atoms with Crippen LogP contribution < -0.4 is 5.73 Å². The standard InChI is InChI=1S/C10H18N2O2S/c11-10(1-5-14-6-2-10)9(13)12-3-7-15-8-4-12/h1-8,11H2. The normalized spacial score (nSPS) is 26.3. The van der Waals surface area contributed by atoms with Crippen LogP contribution in [0.5, 0.6) is 0 Å². The second-order valence-electron chi connectivity index (χ2n) is 4.17. The molecule has 2 saturated heterocycles. The lowest BCUT2D eigenvalue weighted by Crippen LogP contribution is -2.59. The van der Waals surface area contributed by atoms with Gasteiger partial charge in [0.05, 0.1) is 5.54 Å². The molecule has 0 unspecified atom stereocenters. The SMILES string of the molecule is NC1(C(=O)N2CCSCC2)CCOCC1. The highest BCUT2D eigenvalue weighted by atomic mass is 32.2. The molecule has 2 aliphatic heterocycles. The Labute approximate surface area is 94.5 Å². The van der Waals surface area contributed by atoms with Crippen LogP contribution in [-0.4, -0.2) is 54.2 Å². The minimum atomic E-state index is -0.653. The molecule has 0 bridgehead atoms. The molecular weight excluding hydrogens is 212 g/mol. The lowest BCUT2D eigenvalue weighted by Gasteiger charge is -2.38. The predicted molar refractivity (Wildman–Crippen MR) is 60.9 cm³/mol. The first-order valence-electron chi connectivity index (χ1n) is 5.46. The Bertz CT molecular complexity index is 236. The van der Waals surface area contributed by atoms with Crippen LogP contribution in [-0.2, 0) is 9.53 Å². The highest BCUT2D eigenvalue weighted by Gasteiger charge is 2.39. The van der Waals surface area contributed by atoms with Crippen LogP contribution in [0.3, 0.4) is 0 Å². The summed E-state index contributed by atoms with van der Waals surface area (Å²) in [6.45, 7) is 2.93. The fraction of sp³-hybridized carbons (Fsp3) is 0.900. The molecule has 15 heavy (non-hydrogen) atoms. The van der Waals surface area contributed by atoms with Gasteiger partial charge >= 0.3 is 0 Å². The van der Waals surface area contributed by atoms with Gasteiger partial charge in [-0.05, 0) is 12.8 Å². The molecule has 86 valence electrons. The van der Waals surface area contributed by atoms with Crippen molar-refractivity contribution >= 4 is 17.7 Å². The van der Waals surface area contributed by atoms with Crippen LogP contribution in [0.25, 0.3) is 0 Å². The van der Waals surface area contributed by atoms with Gasteiger partial charge in [0.2, 0.25) is 5.91 Å². The number of amides is 1. The largest absolute Gasteiger partial charge is 0.381 e. The van der Waals surface area contributed by atoms with Gasteiger partial charge in [0.1, 0.15) is 0 Å². The number of rotatable bonds is 1. The van der Waals surface area contributed by atoms with E-state index in [1.165, 1.54) is 0 Å². The van der Waals surface area contributed by atoms with E-state index in [-0.39, 0.29) is 5.91 Å². The van der Waals surface area contributed by atoms with Crippen LogP contribution in [0.4, 0.5) is 0 Å². The number of hydrogen-bond acceptors (Lipinski definition) is 4. The van der Waals surface area contributed by atoms with Gasteiger partial charge in [0.15, 0.2) is 0 Å². The van der Waals surface area contributed by atoms with Crippen molar-refractivity contribution in [1.29, 1.82) is 0 Å². The van der Waals surface area contributed by atoms with Gasteiger partial charge < -0.3 is 15.4 Å². The number of ether oxygens (including phenoxy) is 1. The maximum atomic E-state index is 12.2. The van der Waals surface area contributed by atoms with Crippen molar-refractivity contribution < 1.29 is 9.53 Å². The third kappa shape index (κ3) is 2.46. The van der Waals surface area contributed by atoms with E-state index in [1.54, 1.807) is 0 Å². The molecule has 0 spiro atoms. The minimum absolute atomic E-state index is 0.131. The molecule has 1 amide bonds. The van der Waals surface area contributed by atoms with Gasteiger partial charge in [-0.25, -0.2) is 0 Å². The average Bonchev–Trinajstić information content (AvgIpc) is 2.30. The van der Waals surface area contributed by atoms with Gasteiger partial charge in [0, 0.05) is 37.8 Å². The fourth-order valence-electron chi connectivity index (χ4n) is 2.03. The van der Waals surface area contributed by atoms with Crippen molar-refractivity contribution in [2.45, 2.75) is 18.4 Å². The molecule has 2 fully saturated rings. The first-order chi connectivity index (χ1) is 7.22. The van der Waals surface area contributed by atoms with E-state index in [0.717, 1.165) is 24.6 Å². The van der Waals surface area contributed by atoms with Crippen LogP contribution in [0.2, 0.25) is 0 Å². The molecule has 4 nitrogen and oxygen atoms in total. The van der Waals surface area contributed by atoms with Gasteiger partial charge in [0.25, 0.3) is 0 Å². The number of carbonyl (C=O) groups is 1. The van der Waals surface area contributed by atoms with Crippen LogP contribution in [0.15, 0.2) is 0 Å². The number of thioether (sulfide) groups is 1. The third-order valence-electron chi connectivity index (χ3n) is 3.11. The molecule has 0 aromatic heterocycles. The molecule has 0 atom stereocenters. The Morgan fingerprint density at radius 3 is 2.47 bits per heavy atom. The zero-order chi connectivity index (χ0) is 10.7. The van der Waals surface area contributed by atoms with E-state index < -0.39 is 5.54 Å². The summed E-state index contributed by atoms with van der Waals surface area (Å²) in [5.41, 5.74) is 5.50. The summed E-state index contributed by atoms with van der Waals surface area (Å²) in [7, 11) is 0. The summed E-state index contributed by atoms with van der Waals surface area (Å²) < 4.78 is 5.25. The monoisotopic (exact) mass is 230 g/mol. The van der Waals surface area contributed by atoms with Gasteiger partial charge in [-0.15, -0.1) is 0 Å². The molecular formula is C10H18N2O2S. The van der Waals surface area contributed by atoms with Crippen molar-refractivity contribution in [1.82, 2.24) is 4.90 Å². The molecule has 0 aliphatic carbocycles.